The molecule has 36 heavy (non-hydrogen) atoms. The fraction of sp³-hybridized carbons (Fsp3) is 0.214. The average molecular weight is 478 g/mol. The number of amides is 3. The van der Waals surface area contributed by atoms with Gasteiger partial charge in [-0.2, -0.15) is 0 Å². The van der Waals surface area contributed by atoms with Gasteiger partial charge in [-0.05, 0) is 72.4 Å². The van der Waals surface area contributed by atoms with Crippen molar-refractivity contribution in [3.05, 3.63) is 82.7 Å². The molecule has 3 aliphatic rings. The molecule has 8 heteroatoms. The van der Waals surface area contributed by atoms with E-state index in [2.05, 4.69) is 20.9 Å². The number of nitrogens with zero attached hydrogens (tertiary/aromatic N) is 2. The van der Waals surface area contributed by atoms with Gasteiger partial charge in [0.05, 0.1) is 23.0 Å². The first kappa shape index (κ1) is 20.9. The topological polar surface area (TPSA) is 105 Å². The monoisotopic (exact) mass is 477 g/mol. The number of pyridine rings is 1. The van der Waals surface area contributed by atoms with Gasteiger partial charge in [0.2, 0.25) is 17.7 Å². The quantitative estimate of drug-likeness (QED) is 0.420. The van der Waals surface area contributed by atoms with E-state index < -0.39 is 5.41 Å². The van der Waals surface area contributed by atoms with Crippen molar-refractivity contribution >= 4 is 45.8 Å². The molecule has 0 saturated carbocycles. The predicted octanol–water partition coefficient (Wildman–Crippen LogP) is 3.47. The summed E-state index contributed by atoms with van der Waals surface area (Å²) in [6, 6.07) is 13.7. The highest BCUT2D eigenvalue weighted by molar-refractivity contribution is 6.10. The summed E-state index contributed by atoms with van der Waals surface area (Å²) in [7, 11) is 0. The van der Waals surface area contributed by atoms with Crippen LogP contribution in [0, 0.1) is 6.92 Å². The second kappa shape index (κ2) is 7.27. The number of carbonyl (C=O) groups excluding carboxylic acids is 3. The van der Waals surface area contributed by atoms with Gasteiger partial charge in [-0.15, -0.1) is 0 Å². The summed E-state index contributed by atoms with van der Waals surface area (Å²) >= 11 is 0. The molecule has 8 nitrogen and oxygen atoms in total. The van der Waals surface area contributed by atoms with Gasteiger partial charge in [0.15, 0.2) is 0 Å². The summed E-state index contributed by atoms with van der Waals surface area (Å²) in [6.45, 7) is 2.11. The van der Waals surface area contributed by atoms with E-state index in [0.29, 0.717) is 30.8 Å². The molecule has 178 valence electrons. The molecular weight excluding hydrogens is 454 g/mol. The van der Waals surface area contributed by atoms with Gasteiger partial charge in [0.25, 0.3) is 0 Å². The normalized spacial score (nSPS) is 19.2. The SMILES string of the molecule is Cc1cc2c3c(cn(CC(=O)Nc4ccc5c(c4)CC4(C5)C(=O)Nc5ncccc54)c3c1)CC(=O)N2. The van der Waals surface area contributed by atoms with Gasteiger partial charge in [-0.1, -0.05) is 12.1 Å². The van der Waals surface area contributed by atoms with E-state index in [1.807, 2.05) is 60.2 Å². The van der Waals surface area contributed by atoms with Crippen molar-refractivity contribution in [1.82, 2.24) is 9.55 Å². The van der Waals surface area contributed by atoms with Crippen molar-refractivity contribution in [2.24, 2.45) is 0 Å². The van der Waals surface area contributed by atoms with Gasteiger partial charge in [0, 0.05) is 29.0 Å². The van der Waals surface area contributed by atoms with Crippen LogP contribution in [0.25, 0.3) is 10.9 Å². The van der Waals surface area contributed by atoms with Gasteiger partial charge < -0.3 is 20.5 Å². The summed E-state index contributed by atoms with van der Waals surface area (Å²) in [4.78, 5) is 42.4. The molecule has 1 spiro atoms. The number of aryl methyl sites for hydroxylation is 1. The standard InChI is InChI=1S/C28H23N5O3/c1-15-7-21-25-18(10-23(34)31-21)13-33(22(25)8-15)14-24(35)30-19-5-4-16-11-28(12-17(16)9-19)20-3-2-6-29-26(20)32-27(28)36/h2-9,13H,10-12,14H2,1H3,(H,30,35)(H,31,34)(H,29,32,36). The molecule has 0 saturated heterocycles. The zero-order valence-corrected chi connectivity index (χ0v) is 19.6. The number of hydrogen-bond donors (Lipinski definition) is 3. The van der Waals surface area contributed by atoms with Gasteiger partial charge in [0.1, 0.15) is 12.4 Å². The third kappa shape index (κ3) is 3.00. The number of aromatic nitrogens is 2. The minimum atomic E-state index is -0.637. The number of anilines is 3. The van der Waals surface area contributed by atoms with E-state index >= 15 is 0 Å². The zero-order valence-electron chi connectivity index (χ0n) is 19.6. The minimum Gasteiger partial charge on any atom is -0.338 e. The summed E-state index contributed by atoms with van der Waals surface area (Å²) in [5.41, 5.74) is 6.87. The van der Waals surface area contributed by atoms with Crippen molar-refractivity contribution in [2.75, 3.05) is 16.0 Å². The molecule has 2 aliphatic heterocycles. The van der Waals surface area contributed by atoms with Gasteiger partial charge in [-0.25, -0.2) is 4.98 Å². The number of nitrogens with one attached hydrogen (secondary N) is 3. The summed E-state index contributed by atoms with van der Waals surface area (Å²) < 4.78 is 1.91. The maximum Gasteiger partial charge on any atom is 0.244 e. The molecule has 3 N–H and O–H groups in total. The summed E-state index contributed by atoms with van der Waals surface area (Å²) in [6.07, 6.45) is 5.09. The lowest BCUT2D eigenvalue weighted by atomic mass is 9.79. The number of carbonyl (C=O) groups is 3. The Hall–Kier alpha value is -4.46. The fourth-order valence-corrected chi connectivity index (χ4v) is 6.08. The molecule has 4 heterocycles. The predicted molar refractivity (Wildman–Crippen MR) is 136 cm³/mol. The summed E-state index contributed by atoms with van der Waals surface area (Å²) in [5.74, 6) is 0.428. The maximum atomic E-state index is 13.1. The van der Waals surface area contributed by atoms with Crippen molar-refractivity contribution in [1.29, 1.82) is 0 Å². The minimum absolute atomic E-state index is 0.0201. The second-order valence-corrected chi connectivity index (χ2v) is 10.0. The van der Waals surface area contributed by atoms with E-state index in [0.717, 1.165) is 44.4 Å². The molecular formula is C28H23N5O3. The van der Waals surface area contributed by atoms with Crippen LogP contribution >= 0.6 is 0 Å². The highest BCUT2D eigenvalue weighted by atomic mass is 16.2. The van der Waals surface area contributed by atoms with E-state index in [1.165, 1.54) is 0 Å². The van der Waals surface area contributed by atoms with Crippen LogP contribution in [0.3, 0.4) is 0 Å². The Morgan fingerprint density at radius 1 is 1.08 bits per heavy atom. The highest BCUT2D eigenvalue weighted by Gasteiger charge is 2.51. The Kier molecular flexibility index (Phi) is 4.22. The molecule has 7 rings (SSSR count). The van der Waals surface area contributed by atoms with E-state index in [4.69, 9.17) is 0 Å². The Bertz CT molecular complexity index is 1650. The number of benzene rings is 2. The third-order valence-corrected chi connectivity index (χ3v) is 7.61. The molecule has 1 unspecified atom stereocenters. The largest absolute Gasteiger partial charge is 0.338 e. The number of fused-ring (bicyclic) bond motifs is 3. The number of hydrogen-bond acceptors (Lipinski definition) is 4. The van der Waals surface area contributed by atoms with Crippen LogP contribution in [-0.2, 0) is 45.6 Å². The second-order valence-electron chi connectivity index (χ2n) is 10.0. The Labute approximate surface area is 206 Å². The van der Waals surface area contributed by atoms with Crippen LogP contribution in [0.1, 0.15) is 27.8 Å². The van der Waals surface area contributed by atoms with Crippen LogP contribution in [-0.4, -0.2) is 27.3 Å². The molecule has 3 amide bonds. The Balaban J connectivity index is 1.14. The van der Waals surface area contributed by atoms with Crippen molar-refractivity contribution in [2.45, 2.75) is 38.1 Å². The van der Waals surface area contributed by atoms with Gasteiger partial charge in [-0.3, -0.25) is 14.4 Å². The molecule has 0 bridgehead atoms. The van der Waals surface area contributed by atoms with Crippen molar-refractivity contribution < 1.29 is 14.4 Å². The Morgan fingerprint density at radius 2 is 1.94 bits per heavy atom. The molecule has 1 aliphatic carbocycles. The highest BCUT2D eigenvalue weighted by Crippen LogP contribution is 2.47. The maximum absolute atomic E-state index is 13.1. The molecule has 1 atom stereocenters. The van der Waals surface area contributed by atoms with Gasteiger partial charge >= 0.3 is 0 Å². The molecule has 0 fully saturated rings. The van der Waals surface area contributed by atoms with E-state index in [1.54, 1.807) is 6.20 Å². The molecule has 0 radical (unpaired) electrons. The number of rotatable bonds is 3. The molecule has 2 aromatic carbocycles. The van der Waals surface area contributed by atoms with Crippen LogP contribution in [0.4, 0.5) is 17.2 Å². The fourth-order valence-electron chi connectivity index (χ4n) is 6.08. The van der Waals surface area contributed by atoms with Crippen LogP contribution in [0.15, 0.2) is 54.9 Å². The smallest absolute Gasteiger partial charge is 0.244 e. The summed E-state index contributed by atoms with van der Waals surface area (Å²) in [5, 5.41) is 9.89. The van der Waals surface area contributed by atoms with Crippen LogP contribution in [0.5, 0.6) is 0 Å². The third-order valence-electron chi connectivity index (χ3n) is 7.61. The molecule has 4 aromatic rings. The average Bonchev–Trinajstić information content (AvgIpc) is 3.46. The first-order valence-electron chi connectivity index (χ1n) is 12.0. The van der Waals surface area contributed by atoms with Crippen LogP contribution < -0.4 is 16.0 Å². The first-order valence-corrected chi connectivity index (χ1v) is 12.0. The van der Waals surface area contributed by atoms with Crippen LogP contribution in [0.2, 0.25) is 0 Å². The zero-order chi connectivity index (χ0) is 24.6. The molecule has 2 aromatic heterocycles. The lowest BCUT2D eigenvalue weighted by molar-refractivity contribution is -0.120. The van der Waals surface area contributed by atoms with Crippen molar-refractivity contribution in [3.63, 3.8) is 0 Å². The lowest BCUT2D eigenvalue weighted by Gasteiger charge is -2.20. The first-order chi connectivity index (χ1) is 17.4. The van der Waals surface area contributed by atoms with E-state index in [9.17, 15) is 14.4 Å². The van der Waals surface area contributed by atoms with E-state index in [-0.39, 0.29) is 24.3 Å². The lowest BCUT2D eigenvalue weighted by Crippen LogP contribution is -2.35. The van der Waals surface area contributed by atoms with Crippen molar-refractivity contribution in [3.8, 4) is 0 Å². The Morgan fingerprint density at radius 3 is 2.83 bits per heavy atom.